The van der Waals surface area contributed by atoms with Gasteiger partial charge in [0.15, 0.2) is 12.2 Å². The van der Waals surface area contributed by atoms with Crippen molar-refractivity contribution >= 4 is 39.5 Å². The van der Waals surface area contributed by atoms with Crippen molar-refractivity contribution in [1.29, 1.82) is 0 Å². The van der Waals surface area contributed by atoms with E-state index in [4.69, 9.17) is 37.0 Å². The third-order valence-electron chi connectivity index (χ3n) is 15.1. The number of ether oxygens (including phenoxy) is 4. The summed E-state index contributed by atoms with van der Waals surface area (Å²) < 4.78 is 67.9. The Morgan fingerprint density at radius 3 is 0.927 bits per heavy atom. The molecule has 19 heteroatoms. The van der Waals surface area contributed by atoms with Crippen LogP contribution < -0.4 is 0 Å². The van der Waals surface area contributed by atoms with E-state index in [1.165, 1.54) is 96.3 Å². The Balaban J connectivity index is 5.22. The Hall–Kier alpha value is -1.94. The molecule has 0 radical (unpaired) electrons. The maximum Gasteiger partial charge on any atom is 0.472 e. The van der Waals surface area contributed by atoms with Crippen molar-refractivity contribution in [3.63, 3.8) is 0 Å². The highest BCUT2D eigenvalue weighted by atomic mass is 31.2. The zero-order valence-electron chi connectivity index (χ0n) is 52.9. The number of hydrogen-bond acceptors (Lipinski definition) is 15. The SMILES string of the molecule is CCCCCCCCCC(=O)OC[C@H](COP(=O)(O)OC[C@H](O)COP(=O)(O)OC[C@@H](COC(=O)CCCCCCCCC(C)CC)OC(=O)CCCCCCCCCCCCCCC(C)C)OC(=O)CCCCCCCCC(C)CC. The van der Waals surface area contributed by atoms with Crippen molar-refractivity contribution in [2.24, 2.45) is 17.8 Å². The molecule has 3 N–H and O–H groups in total. The van der Waals surface area contributed by atoms with E-state index < -0.39 is 97.5 Å². The Kier molecular flexibility index (Phi) is 53.2. The molecule has 0 rings (SSSR count). The molecule has 82 heavy (non-hydrogen) atoms. The van der Waals surface area contributed by atoms with Gasteiger partial charge in [0.2, 0.25) is 0 Å². The first-order valence-electron chi connectivity index (χ1n) is 32.9. The second-order valence-electron chi connectivity index (χ2n) is 23.8. The summed E-state index contributed by atoms with van der Waals surface area (Å²) in [6, 6.07) is 0. The van der Waals surface area contributed by atoms with Crippen LogP contribution in [-0.4, -0.2) is 96.7 Å². The van der Waals surface area contributed by atoms with Gasteiger partial charge in [0.05, 0.1) is 26.4 Å². The molecule has 0 aliphatic carbocycles. The molecular formula is C63H122O17P2. The summed E-state index contributed by atoms with van der Waals surface area (Å²) in [7, 11) is -9.88. The van der Waals surface area contributed by atoms with Gasteiger partial charge in [0.1, 0.15) is 19.3 Å². The van der Waals surface area contributed by atoms with E-state index in [1.54, 1.807) is 0 Å². The van der Waals surface area contributed by atoms with Crippen LogP contribution in [0.4, 0.5) is 0 Å². The highest BCUT2D eigenvalue weighted by Gasteiger charge is 2.30. The van der Waals surface area contributed by atoms with E-state index in [0.717, 1.165) is 127 Å². The lowest BCUT2D eigenvalue weighted by atomic mass is 10.00. The van der Waals surface area contributed by atoms with Gasteiger partial charge in [-0.25, -0.2) is 9.13 Å². The van der Waals surface area contributed by atoms with Crippen molar-refractivity contribution in [2.45, 2.75) is 324 Å². The Morgan fingerprint density at radius 1 is 0.354 bits per heavy atom. The average Bonchev–Trinajstić information content (AvgIpc) is 3.46. The van der Waals surface area contributed by atoms with E-state index in [0.29, 0.717) is 25.7 Å². The van der Waals surface area contributed by atoms with Gasteiger partial charge in [-0.1, -0.05) is 254 Å². The average molecular weight is 1210 g/mol. The highest BCUT2D eigenvalue weighted by Crippen LogP contribution is 2.45. The summed E-state index contributed by atoms with van der Waals surface area (Å²) in [6.45, 7) is 11.7. The highest BCUT2D eigenvalue weighted by molar-refractivity contribution is 7.47. The fourth-order valence-corrected chi connectivity index (χ4v) is 10.8. The van der Waals surface area contributed by atoms with Crippen LogP contribution in [0, 0.1) is 17.8 Å². The second kappa shape index (κ2) is 54.5. The van der Waals surface area contributed by atoms with Crippen LogP contribution in [0.15, 0.2) is 0 Å². The minimum atomic E-state index is -4.94. The molecule has 0 aromatic rings. The number of unbranched alkanes of at least 4 members (excludes halogenated alkanes) is 27. The van der Waals surface area contributed by atoms with Gasteiger partial charge < -0.3 is 33.8 Å². The van der Waals surface area contributed by atoms with Crippen LogP contribution in [0.25, 0.3) is 0 Å². The summed E-state index contributed by atoms with van der Waals surface area (Å²) in [6.07, 6.45) is 35.0. The number of carbonyl (C=O) groups is 4. The zero-order valence-corrected chi connectivity index (χ0v) is 54.7. The van der Waals surface area contributed by atoms with Crippen molar-refractivity contribution in [1.82, 2.24) is 0 Å². The van der Waals surface area contributed by atoms with Crippen molar-refractivity contribution in [3.8, 4) is 0 Å². The first-order valence-corrected chi connectivity index (χ1v) is 35.9. The zero-order chi connectivity index (χ0) is 61.0. The predicted molar refractivity (Wildman–Crippen MR) is 326 cm³/mol. The standard InChI is InChI=1S/C63H122O17P2/c1-8-11-12-13-20-30-37-44-60(65)73-50-59(80-63(68)47-40-33-26-24-29-36-43-56(7)10-3)53-78-82(71,72)76-49-57(64)48-75-81(69,70)77-52-58(51-74-61(66)45-38-31-25-23-28-35-42-55(6)9-2)79-62(67)46-39-32-22-19-17-15-14-16-18-21-27-34-41-54(4)5/h54-59,64H,8-53H2,1-7H3,(H,69,70)(H,71,72)/t55?,56?,57-,58-,59-/m1/s1. The molecule has 486 valence electrons. The summed E-state index contributed by atoms with van der Waals surface area (Å²) in [4.78, 5) is 72.0. The molecule has 17 nitrogen and oxygen atoms in total. The van der Waals surface area contributed by atoms with Crippen LogP contribution in [0.5, 0.6) is 0 Å². The minimum absolute atomic E-state index is 0.102. The number of aliphatic hydroxyl groups excluding tert-OH is 1. The van der Waals surface area contributed by atoms with E-state index in [-0.39, 0.29) is 25.7 Å². The fourth-order valence-electron chi connectivity index (χ4n) is 9.24. The molecule has 7 atom stereocenters. The Labute approximate surface area is 498 Å². The molecule has 4 unspecified atom stereocenters. The number of phosphoric ester groups is 2. The number of hydrogen-bond donors (Lipinski definition) is 3. The number of phosphoric acid groups is 2. The third-order valence-corrected chi connectivity index (χ3v) is 17.0. The molecule has 0 heterocycles. The molecule has 0 aromatic carbocycles. The third kappa shape index (κ3) is 54.7. The van der Waals surface area contributed by atoms with Gasteiger partial charge >= 0.3 is 39.5 Å². The summed E-state index contributed by atoms with van der Waals surface area (Å²) in [5.74, 6) is 0.0837. The maximum absolute atomic E-state index is 13.0. The first-order chi connectivity index (χ1) is 39.3. The molecule has 0 saturated heterocycles. The van der Waals surface area contributed by atoms with Gasteiger partial charge in [-0.2, -0.15) is 0 Å². The van der Waals surface area contributed by atoms with Gasteiger partial charge in [-0.05, 0) is 43.4 Å². The first kappa shape index (κ1) is 80.1. The molecule has 0 amide bonds. The molecule has 0 bridgehead atoms. The summed E-state index contributed by atoms with van der Waals surface area (Å²) in [5, 5.41) is 10.5. The Morgan fingerprint density at radius 2 is 0.622 bits per heavy atom. The normalized spacial score (nSPS) is 15.1. The smallest absolute Gasteiger partial charge is 0.462 e. The molecule has 0 aliphatic heterocycles. The number of carbonyl (C=O) groups excluding carboxylic acids is 4. The largest absolute Gasteiger partial charge is 0.472 e. The molecule has 0 spiro atoms. The van der Waals surface area contributed by atoms with Crippen molar-refractivity contribution in [3.05, 3.63) is 0 Å². The van der Waals surface area contributed by atoms with Gasteiger partial charge in [0.25, 0.3) is 0 Å². The second-order valence-corrected chi connectivity index (χ2v) is 26.7. The Bertz CT molecular complexity index is 1630. The summed E-state index contributed by atoms with van der Waals surface area (Å²) in [5.41, 5.74) is 0. The predicted octanol–water partition coefficient (Wildman–Crippen LogP) is 17.1. The monoisotopic (exact) mass is 1210 g/mol. The minimum Gasteiger partial charge on any atom is -0.462 e. The lowest BCUT2D eigenvalue weighted by Crippen LogP contribution is -2.30. The molecule has 0 saturated carbocycles. The lowest BCUT2D eigenvalue weighted by Gasteiger charge is -2.21. The van der Waals surface area contributed by atoms with Crippen LogP contribution >= 0.6 is 15.6 Å². The molecule has 0 aliphatic rings. The van der Waals surface area contributed by atoms with E-state index >= 15 is 0 Å². The number of rotatable bonds is 61. The maximum atomic E-state index is 13.0. The van der Waals surface area contributed by atoms with E-state index in [1.807, 2.05) is 0 Å². The number of esters is 4. The summed E-state index contributed by atoms with van der Waals surface area (Å²) >= 11 is 0. The van der Waals surface area contributed by atoms with Gasteiger partial charge in [-0.15, -0.1) is 0 Å². The lowest BCUT2D eigenvalue weighted by molar-refractivity contribution is -0.161. The van der Waals surface area contributed by atoms with E-state index in [2.05, 4.69) is 48.5 Å². The van der Waals surface area contributed by atoms with Crippen molar-refractivity contribution < 1.29 is 80.2 Å². The van der Waals surface area contributed by atoms with Crippen LogP contribution in [-0.2, 0) is 65.4 Å². The van der Waals surface area contributed by atoms with Crippen LogP contribution in [0.2, 0.25) is 0 Å². The van der Waals surface area contributed by atoms with Gasteiger partial charge in [0, 0.05) is 25.7 Å². The fraction of sp³-hybridized carbons (Fsp3) is 0.937. The van der Waals surface area contributed by atoms with Crippen molar-refractivity contribution in [2.75, 3.05) is 39.6 Å². The quantitative estimate of drug-likeness (QED) is 0.0222. The number of aliphatic hydroxyl groups is 1. The van der Waals surface area contributed by atoms with Crippen LogP contribution in [0.3, 0.4) is 0 Å². The topological polar surface area (TPSA) is 237 Å². The molecular weight excluding hydrogens is 1090 g/mol. The molecule has 0 aromatic heterocycles. The molecule has 0 fully saturated rings. The van der Waals surface area contributed by atoms with Crippen LogP contribution in [0.1, 0.15) is 305 Å². The van der Waals surface area contributed by atoms with E-state index in [9.17, 15) is 43.2 Å². The van der Waals surface area contributed by atoms with Gasteiger partial charge in [-0.3, -0.25) is 37.3 Å².